The Bertz CT molecular complexity index is 526. The summed E-state index contributed by atoms with van der Waals surface area (Å²) in [6.07, 6.45) is 3.61. The van der Waals surface area contributed by atoms with Gasteiger partial charge in [-0.1, -0.05) is 0 Å². The molecule has 2 rings (SSSR count). The fourth-order valence-electron chi connectivity index (χ4n) is 1.68. The monoisotopic (exact) mass is 262 g/mol. The summed E-state index contributed by atoms with van der Waals surface area (Å²) in [5.41, 5.74) is 7.11. The molecule has 0 radical (unpaired) electrons. The molecule has 0 aromatic carbocycles. The summed E-state index contributed by atoms with van der Waals surface area (Å²) in [4.78, 5) is 21.9. The van der Waals surface area contributed by atoms with E-state index in [0.29, 0.717) is 11.7 Å². The Morgan fingerprint density at radius 1 is 1.44 bits per heavy atom. The highest BCUT2D eigenvalue weighted by Gasteiger charge is 2.15. The van der Waals surface area contributed by atoms with Gasteiger partial charge in [-0.2, -0.15) is 0 Å². The van der Waals surface area contributed by atoms with Crippen molar-refractivity contribution in [1.29, 1.82) is 0 Å². The summed E-state index contributed by atoms with van der Waals surface area (Å²) in [7, 11) is 0. The average Bonchev–Trinajstić information content (AvgIpc) is 2.77. The number of rotatable bonds is 4. The molecule has 0 aliphatic carbocycles. The van der Waals surface area contributed by atoms with Gasteiger partial charge < -0.3 is 10.6 Å². The third-order valence-electron chi connectivity index (χ3n) is 2.49. The maximum Gasteiger partial charge on any atom is 0.233 e. The molecular weight excluding hydrogens is 248 g/mol. The molecule has 0 spiro atoms. The third-order valence-corrected chi connectivity index (χ3v) is 3.22. The maximum atomic E-state index is 12.2. The summed E-state index contributed by atoms with van der Waals surface area (Å²) < 4.78 is 0. The van der Waals surface area contributed by atoms with Gasteiger partial charge in [0, 0.05) is 30.0 Å². The van der Waals surface area contributed by atoms with Crippen LogP contribution in [-0.2, 0) is 11.2 Å². The molecule has 2 heterocycles. The summed E-state index contributed by atoms with van der Waals surface area (Å²) in [6, 6.07) is 3.63. The number of carbonyl (C=O) groups excluding carboxylic acids is 1. The minimum absolute atomic E-state index is 0.00833. The van der Waals surface area contributed by atoms with E-state index in [1.54, 1.807) is 17.3 Å². The van der Waals surface area contributed by atoms with Gasteiger partial charge in [0.05, 0.1) is 12.1 Å². The molecule has 94 valence electrons. The van der Waals surface area contributed by atoms with E-state index in [1.165, 1.54) is 11.3 Å². The molecule has 5 nitrogen and oxygen atoms in total. The summed E-state index contributed by atoms with van der Waals surface area (Å²) in [5, 5.41) is 2.30. The minimum atomic E-state index is 0.00833. The number of nitrogens with two attached hydrogens (primary N) is 1. The van der Waals surface area contributed by atoms with Crippen LogP contribution < -0.4 is 10.6 Å². The van der Waals surface area contributed by atoms with Crippen molar-refractivity contribution in [2.45, 2.75) is 13.3 Å². The number of aromatic nitrogens is 2. The average molecular weight is 262 g/mol. The van der Waals surface area contributed by atoms with Gasteiger partial charge >= 0.3 is 0 Å². The van der Waals surface area contributed by atoms with Gasteiger partial charge in [0.25, 0.3) is 0 Å². The first-order valence-electron chi connectivity index (χ1n) is 5.61. The van der Waals surface area contributed by atoms with E-state index >= 15 is 0 Å². The van der Waals surface area contributed by atoms with Crippen LogP contribution in [0.1, 0.15) is 12.6 Å². The molecule has 0 fully saturated rings. The quantitative estimate of drug-likeness (QED) is 0.910. The van der Waals surface area contributed by atoms with E-state index in [4.69, 9.17) is 5.73 Å². The fraction of sp³-hybridized carbons (Fsp3) is 0.250. The first-order valence-corrected chi connectivity index (χ1v) is 6.49. The molecule has 2 aromatic rings. The first kappa shape index (κ1) is 12.5. The Morgan fingerprint density at radius 3 is 2.72 bits per heavy atom. The van der Waals surface area contributed by atoms with Crippen LogP contribution in [0.15, 0.2) is 29.9 Å². The van der Waals surface area contributed by atoms with Crippen molar-refractivity contribution in [1.82, 2.24) is 9.97 Å². The van der Waals surface area contributed by atoms with E-state index in [9.17, 15) is 4.79 Å². The highest BCUT2D eigenvalue weighted by atomic mass is 32.1. The van der Waals surface area contributed by atoms with Crippen LogP contribution in [-0.4, -0.2) is 22.4 Å². The Balaban J connectivity index is 2.11. The van der Waals surface area contributed by atoms with Crippen molar-refractivity contribution in [3.05, 3.63) is 35.6 Å². The minimum Gasteiger partial charge on any atom is -0.375 e. The van der Waals surface area contributed by atoms with E-state index in [1.807, 2.05) is 24.4 Å². The van der Waals surface area contributed by atoms with Crippen LogP contribution >= 0.6 is 11.3 Å². The Kier molecular flexibility index (Phi) is 3.88. The molecule has 0 aliphatic heterocycles. The predicted molar refractivity (Wildman–Crippen MR) is 72.5 cm³/mol. The van der Waals surface area contributed by atoms with Gasteiger partial charge in [-0.25, -0.2) is 4.98 Å². The summed E-state index contributed by atoms with van der Waals surface area (Å²) >= 11 is 1.35. The zero-order valence-corrected chi connectivity index (χ0v) is 10.9. The van der Waals surface area contributed by atoms with Crippen molar-refractivity contribution < 1.29 is 4.79 Å². The lowest BCUT2D eigenvalue weighted by molar-refractivity contribution is -0.118. The van der Waals surface area contributed by atoms with Crippen LogP contribution in [0.2, 0.25) is 0 Å². The van der Waals surface area contributed by atoms with Gasteiger partial charge in [-0.05, 0) is 19.1 Å². The summed E-state index contributed by atoms with van der Waals surface area (Å²) in [5.74, 6) is 0.00833. The molecule has 2 aromatic heterocycles. The molecule has 1 amide bonds. The second kappa shape index (κ2) is 5.59. The lowest BCUT2D eigenvalue weighted by atomic mass is 10.2. The highest BCUT2D eigenvalue weighted by molar-refractivity contribution is 7.13. The molecular formula is C12H14N4OS. The van der Waals surface area contributed by atoms with Crippen molar-refractivity contribution in [2.24, 2.45) is 0 Å². The van der Waals surface area contributed by atoms with E-state index in [-0.39, 0.29) is 12.3 Å². The van der Waals surface area contributed by atoms with E-state index in [0.717, 1.165) is 11.4 Å². The smallest absolute Gasteiger partial charge is 0.233 e. The number of thiazole rings is 1. The lowest BCUT2D eigenvalue weighted by Crippen LogP contribution is -2.32. The second-order valence-electron chi connectivity index (χ2n) is 3.70. The van der Waals surface area contributed by atoms with E-state index in [2.05, 4.69) is 9.97 Å². The van der Waals surface area contributed by atoms with Gasteiger partial charge in [0.2, 0.25) is 5.91 Å². The normalized spacial score (nSPS) is 10.3. The molecule has 0 saturated heterocycles. The number of pyridine rings is 1. The zero-order chi connectivity index (χ0) is 13.0. The SMILES string of the molecule is CCN(C(=O)Cc1csc(N)n1)c1ccncc1. The van der Waals surface area contributed by atoms with Crippen LogP contribution in [0.5, 0.6) is 0 Å². The van der Waals surface area contributed by atoms with Crippen molar-refractivity contribution in [3.8, 4) is 0 Å². The molecule has 6 heteroatoms. The molecule has 0 unspecified atom stereocenters. The molecule has 0 bridgehead atoms. The number of nitrogen functional groups attached to an aromatic ring is 1. The van der Waals surface area contributed by atoms with Crippen LogP contribution in [0.25, 0.3) is 0 Å². The lowest BCUT2D eigenvalue weighted by Gasteiger charge is -2.20. The largest absolute Gasteiger partial charge is 0.375 e. The number of carbonyl (C=O) groups is 1. The van der Waals surface area contributed by atoms with Crippen molar-refractivity contribution >= 4 is 28.1 Å². The standard InChI is InChI=1S/C12H14N4OS/c1-2-16(10-3-5-14-6-4-10)11(17)7-9-8-18-12(13)15-9/h3-6,8H,2,7H2,1H3,(H2,13,15). The molecule has 0 atom stereocenters. The number of amides is 1. The second-order valence-corrected chi connectivity index (χ2v) is 4.59. The molecule has 0 saturated carbocycles. The number of likely N-dealkylation sites (N-methyl/N-ethyl adjacent to an activating group) is 1. The highest BCUT2D eigenvalue weighted by Crippen LogP contribution is 2.16. The molecule has 0 aliphatic rings. The zero-order valence-electron chi connectivity index (χ0n) is 10.0. The Morgan fingerprint density at radius 2 is 2.17 bits per heavy atom. The topological polar surface area (TPSA) is 72.1 Å². The Labute approximate surface area is 109 Å². The summed E-state index contributed by atoms with van der Waals surface area (Å²) in [6.45, 7) is 2.55. The molecule has 18 heavy (non-hydrogen) atoms. The maximum absolute atomic E-state index is 12.2. The number of hydrogen-bond donors (Lipinski definition) is 1. The predicted octanol–water partition coefficient (Wildman–Crippen LogP) is 1.72. The van der Waals surface area contributed by atoms with Gasteiger partial charge in [0.15, 0.2) is 5.13 Å². The van der Waals surface area contributed by atoms with Gasteiger partial charge in [-0.3, -0.25) is 9.78 Å². The molecule has 2 N–H and O–H groups in total. The Hall–Kier alpha value is -1.95. The van der Waals surface area contributed by atoms with Gasteiger partial charge in [-0.15, -0.1) is 11.3 Å². The number of anilines is 2. The van der Waals surface area contributed by atoms with Crippen molar-refractivity contribution in [3.63, 3.8) is 0 Å². The van der Waals surface area contributed by atoms with E-state index < -0.39 is 0 Å². The fourth-order valence-corrected chi connectivity index (χ4v) is 2.24. The van der Waals surface area contributed by atoms with Crippen LogP contribution in [0, 0.1) is 0 Å². The van der Waals surface area contributed by atoms with Gasteiger partial charge in [0.1, 0.15) is 0 Å². The number of nitrogens with zero attached hydrogens (tertiary/aromatic N) is 3. The van der Waals surface area contributed by atoms with Crippen molar-refractivity contribution in [2.75, 3.05) is 17.2 Å². The third kappa shape index (κ3) is 2.84. The van der Waals surface area contributed by atoms with Crippen LogP contribution in [0.3, 0.4) is 0 Å². The van der Waals surface area contributed by atoms with Crippen LogP contribution in [0.4, 0.5) is 10.8 Å². The number of hydrogen-bond acceptors (Lipinski definition) is 5. The first-order chi connectivity index (χ1) is 8.70.